The summed E-state index contributed by atoms with van der Waals surface area (Å²) in [6.07, 6.45) is 0. The summed E-state index contributed by atoms with van der Waals surface area (Å²) >= 11 is 3.54. The Labute approximate surface area is 120 Å². The lowest BCUT2D eigenvalue weighted by Crippen LogP contribution is -2.02. The highest BCUT2D eigenvalue weighted by atomic mass is 79.9. The number of anilines is 1. The van der Waals surface area contributed by atoms with Gasteiger partial charge in [0.1, 0.15) is 11.6 Å². The number of hydrogen-bond acceptors (Lipinski definition) is 2. The predicted octanol–water partition coefficient (Wildman–Crippen LogP) is 4.52. The van der Waals surface area contributed by atoms with Crippen molar-refractivity contribution in [2.75, 3.05) is 12.4 Å². The SMILES string of the molecule is COc1cc(F)ccc1NCc1ccc(C)cc1Br. The molecular formula is C15H15BrFNO. The molecule has 0 unspecified atom stereocenters. The number of aryl methyl sites for hydroxylation is 1. The van der Waals surface area contributed by atoms with Crippen molar-refractivity contribution in [1.82, 2.24) is 0 Å². The van der Waals surface area contributed by atoms with E-state index in [1.165, 1.54) is 24.8 Å². The van der Waals surface area contributed by atoms with Crippen LogP contribution in [0.15, 0.2) is 40.9 Å². The number of halogens is 2. The molecule has 0 aliphatic carbocycles. The topological polar surface area (TPSA) is 21.3 Å². The fourth-order valence-corrected chi connectivity index (χ4v) is 2.43. The Morgan fingerprint density at radius 2 is 2.00 bits per heavy atom. The van der Waals surface area contributed by atoms with Gasteiger partial charge in [0, 0.05) is 17.1 Å². The first-order chi connectivity index (χ1) is 9.10. The van der Waals surface area contributed by atoms with E-state index in [1.54, 1.807) is 6.07 Å². The van der Waals surface area contributed by atoms with E-state index in [9.17, 15) is 4.39 Å². The Hall–Kier alpha value is -1.55. The quantitative estimate of drug-likeness (QED) is 0.893. The van der Waals surface area contributed by atoms with Crippen LogP contribution in [0.25, 0.3) is 0 Å². The van der Waals surface area contributed by atoms with Gasteiger partial charge in [-0.1, -0.05) is 28.1 Å². The molecule has 19 heavy (non-hydrogen) atoms. The number of hydrogen-bond donors (Lipinski definition) is 1. The predicted molar refractivity (Wildman–Crippen MR) is 79.2 cm³/mol. The standard InChI is InChI=1S/C15H15BrFNO/c1-10-3-4-11(13(16)7-10)9-18-14-6-5-12(17)8-15(14)19-2/h3-8,18H,9H2,1-2H3. The van der Waals surface area contributed by atoms with Gasteiger partial charge in [-0.2, -0.15) is 0 Å². The minimum Gasteiger partial charge on any atom is -0.494 e. The zero-order valence-electron chi connectivity index (χ0n) is 10.8. The van der Waals surface area contributed by atoms with Gasteiger partial charge in [-0.05, 0) is 36.2 Å². The molecule has 1 N–H and O–H groups in total. The highest BCUT2D eigenvalue weighted by Gasteiger charge is 2.05. The van der Waals surface area contributed by atoms with Crippen LogP contribution in [0.4, 0.5) is 10.1 Å². The lowest BCUT2D eigenvalue weighted by atomic mass is 10.1. The normalized spacial score (nSPS) is 10.3. The van der Waals surface area contributed by atoms with Crippen LogP contribution in [0, 0.1) is 12.7 Å². The summed E-state index contributed by atoms with van der Waals surface area (Å²) in [5.74, 6) is 0.196. The first kappa shape index (κ1) is 13.9. The largest absolute Gasteiger partial charge is 0.494 e. The fourth-order valence-electron chi connectivity index (χ4n) is 1.80. The van der Waals surface area contributed by atoms with E-state index < -0.39 is 0 Å². The highest BCUT2D eigenvalue weighted by molar-refractivity contribution is 9.10. The number of ether oxygens (including phenoxy) is 1. The molecule has 2 aromatic carbocycles. The van der Waals surface area contributed by atoms with Gasteiger partial charge in [0.2, 0.25) is 0 Å². The number of methoxy groups -OCH3 is 1. The number of nitrogens with one attached hydrogen (secondary N) is 1. The average Bonchev–Trinajstić information content (AvgIpc) is 2.39. The second kappa shape index (κ2) is 6.06. The lowest BCUT2D eigenvalue weighted by molar-refractivity contribution is 0.413. The Bertz CT molecular complexity index is 586. The van der Waals surface area contributed by atoms with Gasteiger partial charge < -0.3 is 10.1 Å². The van der Waals surface area contributed by atoms with E-state index in [-0.39, 0.29) is 5.82 Å². The third kappa shape index (κ3) is 3.47. The van der Waals surface area contributed by atoms with E-state index in [1.807, 2.05) is 6.92 Å². The first-order valence-electron chi connectivity index (χ1n) is 5.92. The Morgan fingerprint density at radius 1 is 1.21 bits per heavy atom. The third-order valence-corrected chi connectivity index (χ3v) is 3.58. The van der Waals surface area contributed by atoms with Gasteiger partial charge >= 0.3 is 0 Å². The summed E-state index contributed by atoms with van der Waals surface area (Å²) in [5, 5.41) is 3.25. The molecular weight excluding hydrogens is 309 g/mol. The molecule has 0 amide bonds. The summed E-state index contributed by atoms with van der Waals surface area (Å²) in [4.78, 5) is 0. The van der Waals surface area contributed by atoms with Crippen LogP contribution in [0.3, 0.4) is 0 Å². The van der Waals surface area contributed by atoms with Crippen LogP contribution >= 0.6 is 15.9 Å². The van der Waals surface area contributed by atoms with Crippen LogP contribution in [-0.2, 0) is 6.54 Å². The van der Waals surface area contributed by atoms with E-state index in [4.69, 9.17) is 4.74 Å². The van der Waals surface area contributed by atoms with Crippen molar-refractivity contribution in [3.63, 3.8) is 0 Å². The summed E-state index contributed by atoms with van der Waals surface area (Å²) in [6.45, 7) is 2.69. The summed E-state index contributed by atoms with van der Waals surface area (Å²) in [5.41, 5.74) is 3.11. The molecule has 0 heterocycles. The highest BCUT2D eigenvalue weighted by Crippen LogP contribution is 2.26. The summed E-state index contributed by atoms with van der Waals surface area (Å²) < 4.78 is 19.3. The van der Waals surface area contributed by atoms with Crippen molar-refractivity contribution >= 4 is 21.6 Å². The van der Waals surface area contributed by atoms with Crippen molar-refractivity contribution < 1.29 is 9.13 Å². The van der Waals surface area contributed by atoms with Crippen molar-refractivity contribution in [3.8, 4) is 5.75 Å². The molecule has 2 aromatic rings. The first-order valence-corrected chi connectivity index (χ1v) is 6.72. The van der Waals surface area contributed by atoms with E-state index in [2.05, 4.69) is 39.4 Å². The molecule has 4 heteroatoms. The van der Waals surface area contributed by atoms with Gasteiger partial charge in [-0.3, -0.25) is 0 Å². The lowest BCUT2D eigenvalue weighted by Gasteiger charge is -2.12. The van der Waals surface area contributed by atoms with E-state index in [0.29, 0.717) is 12.3 Å². The maximum atomic E-state index is 13.1. The molecule has 0 atom stereocenters. The third-order valence-electron chi connectivity index (χ3n) is 2.84. The Kier molecular flexibility index (Phi) is 4.43. The molecule has 2 rings (SSSR count). The van der Waals surface area contributed by atoms with Gasteiger partial charge in [-0.25, -0.2) is 4.39 Å². The molecule has 2 nitrogen and oxygen atoms in total. The minimum atomic E-state index is -0.307. The summed E-state index contributed by atoms with van der Waals surface area (Å²) in [7, 11) is 1.53. The van der Waals surface area contributed by atoms with Crippen molar-refractivity contribution in [3.05, 3.63) is 57.8 Å². The van der Waals surface area contributed by atoms with E-state index >= 15 is 0 Å². The minimum absolute atomic E-state index is 0.307. The molecule has 0 aliphatic rings. The zero-order chi connectivity index (χ0) is 13.8. The van der Waals surface area contributed by atoms with Gasteiger partial charge in [0.25, 0.3) is 0 Å². The molecule has 0 aliphatic heterocycles. The summed E-state index contributed by atoms with van der Waals surface area (Å²) in [6, 6.07) is 10.6. The maximum absolute atomic E-state index is 13.1. The van der Waals surface area contributed by atoms with Crippen molar-refractivity contribution in [2.45, 2.75) is 13.5 Å². The van der Waals surface area contributed by atoms with Crippen LogP contribution < -0.4 is 10.1 Å². The van der Waals surface area contributed by atoms with Gasteiger partial charge in [0.15, 0.2) is 0 Å². The van der Waals surface area contributed by atoms with E-state index in [0.717, 1.165) is 15.7 Å². The van der Waals surface area contributed by atoms with Crippen LogP contribution in [-0.4, -0.2) is 7.11 Å². The molecule has 0 aromatic heterocycles. The molecule has 0 saturated heterocycles. The smallest absolute Gasteiger partial charge is 0.144 e. The number of benzene rings is 2. The van der Waals surface area contributed by atoms with Crippen molar-refractivity contribution in [1.29, 1.82) is 0 Å². The fraction of sp³-hybridized carbons (Fsp3) is 0.200. The zero-order valence-corrected chi connectivity index (χ0v) is 12.4. The average molecular weight is 324 g/mol. The molecule has 0 radical (unpaired) electrons. The second-order valence-corrected chi connectivity index (χ2v) is 5.15. The molecule has 0 bridgehead atoms. The second-order valence-electron chi connectivity index (χ2n) is 4.29. The van der Waals surface area contributed by atoms with Crippen molar-refractivity contribution in [2.24, 2.45) is 0 Å². The molecule has 0 saturated carbocycles. The Balaban J connectivity index is 2.14. The van der Waals surface area contributed by atoms with Crippen LogP contribution in [0.2, 0.25) is 0 Å². The number of rotatable bonds is 4. The molecule has 100 valence electrons. The van der Waals surface area contributed by atoms with Gasteiger partial charge in [-0.15, -0.1) is 0 Å². The Morgan fingerprint density at radius 3 is 2.68 bits per heavy atom. The van der Waals surface area contributed by atoms with Crippen LogP contribution in [0.1, 0.15) is 11.1 Å². The molecule has 0 fully saturated rings. The monoisotopic (exact) mass is 323 g/mol. The van der Waals surface area contributed by atoms with Gasteiger partial charge in [0.05, 0.1) is 12.8 Å². The van der Waals surface area contributed by atoms with Crippen LogP contribution in [0.5, 0.6) is 5.75 Å². The maximum Gasteiger partial charge on any atom is 0.144 e. The molecule has 0 spiro atoms.